The average molecular weight is 214 g/mol. The molecule has 0 bridgehead atoms. The van der Waals surface area contributed by atoms with Gasteiger partial charge in [0.2, 0.25) is 0 Å². The topological polar surface area (TPSA) is 15.3 Å². The Morgan fingerprint density at radius 3 is 2.43 bits per heavy atom. The zero-order chi connectivity index (χ0) is 10.2. The highest BCUT2D eigenvalue weighted by atomic mass is 32.2. The fourth-order valence-corrected chi connectivity index (χ4v) is 4.02. The minimum Gasteiger partial charge on any atom is -0.302 e. The van der Waals surface area contributed by atoms with Gasteiger partial charge in [0.25, 0.3) is 0 Å². The van der Waals surface area contributed by atoms with Gasteiger partial charge in [-0.3, -0.25) is 0 Å². The van der Waals surface area contributed by atoms with Gasteiger partial charge in [-0.25, -0.2) is 0 Å². The van der Waals surface area contributed by atoms with Crippen molar-refractivity contribution in [3.8, 4) is 0 Å². The quantitative estimate of drug-likeness (QED) is 0.718. The SMILES string of the molecule is CC1CNC2(CCN(C(C)C)CC2)S1. The van der Waals surface area contributed by atoms with Crippen molar-refractivity contribution >= 4 is 11.8 Å². The van der Waals surface area contributed by atoms with E-state index in [4.69, 9.17) is 0 Å². The fourth-order valence-electron chi connectivity index (χ4n) is 2.49. The van der Waals surface area contributed by atoms with Gasteiger partial charge in [-0.2, -0.15) is 0 Å². The summed E-state index contributed by atoms with van der Waals surface area (Å²) in [7, 11) is 0. The second-order valence-electron chi connectivity index (χ2n) is 4.93. The molecule has 0 aromatic heterocycles. The molecule has 2 rings (SSSR count). The molecule has 2 aliphatic rings. The van der Waals surface area contributed by atoms with Crippen LogP contribution in [0.25, 0.3) is 0 Å². The Hall–Kier alpha value is 0.270. The first kappa shape index (κ1) is 10.8. The normalized spacial score (nSPS) is 33.0. The van der Waals surface area contributed by atoms with Gasteiger partial charge in [0.15, 0.2) is 0 Å². The van der Waals surface area contributed by atoms with Gasteiger partial charge >= 0.3 is 0 Å². The van der Waals surface area contributed by atoms with Crippen molar-refractivity contribution in [2.75, 3.05) is 19.6 Å². The van der Waals surface area contributed by atoms with Crippen LogP contribution in [0.3, 0.4) is 0 Å². The maximum atomic E-state index is 3.72. The number of rotatable bonds is 1. The number of thioether (sulfide) groups is 1. The molecule has 3 heteroatoms. The van der Waals surface area contributed by atoms with Crippen molar-refractivity contribution in [3.63, 3.8) is 0 Å². The van der Waals surface area contributed by atoms with Gasteiger partial charge < -0.3 is 10.2 Å². The summed E-state index contributed by atoms with van der Waals surface area (Å²) in [6.07, 6.45) is 2.64. The van der Waals surface area contributed by atoms with Crippen LogP contribution >= 0.6 is 11.8 Å². The second-order valence-corrected chi connectivity index (χ2v) is 6.76. The Morgan fingerprint density at radius 1 is 1.36 bits per heavy atom. The number of likely N-dealkylation sites (tertiary alicyclic amines) is 1. The summed E-state index contributed by atoms with van der Waals surface area (Å²) in [6.45, 7) is 10.7. The smallest absolute Gasteiger partial charge is 0.0673 e. The molecule has 0 aliphatic carbocycles. The first-order chi connectivity index (χ1) is 6.61. The van der Waals surface area contributed by atoms with Crippen molar-refractivity contribution in [1.82, 2.24) is 10.2 Å². The predicted molar refractivity (Wildman–Crippen MR) is 63.7 cm³/mol. The largest absolute Gasteiger partial charge is 0.302 e. The van der Waals surface area contributed by atoms with Crippen molar-refractivity contribution in [1.29, 1.82) is 0 Å². The molecule has 1 N–H and O–H groups in total. The molecule has 1 unspecified atom stereocenters. The lowest BCUT2D eigenvalue weighted by Crippen LogP contribution is -2.50. The molecule has 0 amide bonds. The molecule has 1 spiro atoms. The van der Waals surface area contributed by atoms with Gasteiger partial charge in [0.1, 0.15) is 0 Å². The van der Waals surface area contributed by atoms with Crippen LogP contribution in [-0.4, -0.2) is 40.7 Å². The van der Waals surface area contributed by atoms with Gasteiger partial charge in [0, 0.05) is 30.9 Å². The number of hydrogen-bond donors (Lipinski definition) is 1. The molecule has 82 valence electrons. The van der Waals surface area contributed by atoms with Crippen LogP contribution in [0, 0.1) is 0 Å². The Labute approximate surface area is 91.8 Å². The molecule has 2 aliphatic heterocycles. The third kappa shape index (κ3) is 2.10. The summed E-state index contributed by atoms with van der Waals surface area (Å²) in [5.41, 5.74) is 0. The zero-order valence-electron chi connectivity index (χ0n) is 9.55. The highest BCUT2D eigenvalue weighted by Crippen LogP contribution is 2.40. The molecule has 2 saturated heterocycles. The van der Waals surface area contributed by atoms with Crippen molar-refractivity contribution < 1.29 is 0 Å². The van der Waals surface area contributed by atoms with Gasteiger partial charge in [-0.1, -0.05) is 6.92 Å². The molecular weight excluding hydrogens is 192 g/mol. The van der Waals surface area contributed by atoms with Crippen LogP contribution in [0.2, 0.25) is 0 Å². The fraction of sp³-hybridized carbons (Fsp3) is 1.00. The Morgan fingerprint density at radius 2 is 2.00 bits per heavy atom. The molecular formula is C11H22N2S. The maximum Gasteiger partial charge on any atom is 0.0673 e. The van der Waals surface area contributed by atoms with Crippen molar-refractivity contribution in [2.24, 2.45) is 0 Å². The Balaban J connectivity index is 1.89. The summed E-state index contributed by atoms with van der Waals surface area (Å²) in [5.74, 6) is 0. The van der Waals surface area contributed by atoms with E-state index < -0.39 is 0 Å². The van der Waals surface area contributed by atoms with E-state index >= 15 is 0 Å². The van der Waals surface area contributed by atoms with E-state index in [0.717, 1.165) is 11.3 Å². The molecule has 0 aromatic rings. The second kappa shape index (κ2) is 4.03. The van der Waals surface area contributed by atoms with Crippen LogP contribution in [0.5, 0.6) is 0 Å². The minimum absolute atomic E-state index is 0.435. The molecule has 2 fully saturated rings. The molecule has 0 saturated carbocycles. The van der Waals surface area contributed by atoms with Gasteiger partial charge in [0.05, 0.1) is 4.87 Å². The van der Waals surface area contributed by atoms with Crippen LogP contribution in [0.1, 0.15) is 33.6 Å². The van der Waals surface area contributed by atoms with E-state index in [2.05, 4.69) is 42.7 Å². The van der Waals surface area contributed by atoms with E-state index in [9.17, 15) is 0 Å². The first-order valence-corrected chi connectivity index (χ1v) is 6.66. The molecule has 0 radical (unpaired) electrons. The number of piperidine rings is 1. The third-order valence-corrected chi connectivity index (χ3v) is 5.05. The van der Waals surface area contributed by atoms with Gasteiger partial charge in [-0.15, -0.1) is 11.8 Å². The lowest BCUT2D eigenvalue weighted by Gasteiger charge is -2.40. The van der Waals surface area contributed by atoms with Crippen LogP contribution < -0.4 is 5.32 Å². The van der Waals surface area contributed by atoms with E-state index in [1.54, 1.807) is 0 Å². The van der Waals surface area contributed by atoms with Gasteiger partial charge in [-0.05, 0) is 26.7 Å². The van der Waals surface area contributed by atoms with Crippen molar-refractivity contribution in [2.45, 2.75) is 49.8 Å². The molecule has 14 heavy (non-hydrogen) atoms. The summed E-state index contributed by atoms with van der Waals surface area (Å²) in [5, 5.41) is 4.52. The Kier molecular flexibility index (Phi) is 3.10. The molecule has 1 atom stereocenters. The van der Waals surface area contributed by atoms with E-state index in [1.807, 2.05) is 0 Å². The molecule has 2 heterocycles. The average Bonchev–Trinajstić information content (AvgIpc) is 2.48. The molecule has 0 aromatic carbocycles. The number of hydrogen-bond acceptors (Lipinski definition) is 3. The third-order valence-electron chi connectivity index (χ3n) is 3.47. The minimum atomic E-state index is 0.435. The molecule has 2 nitrogen and oxygen atoms in total. The Bertz CT molecular complexity index is 197. The van der Waals surface area contributed by atoms with Crippen LogP contribution in [0.15, 0.2) is 0 Å². The predicted octanol–water partition coefficient (Wildman–Crippen LogP) is 1.91. The lowest BCUT2D eigenvalue weighted by atomic mass is 10.0. The standard InChI is InChI=1S/C11H22N2S/c1-9(2)13-6-4-11(5-7-13)12-8-10(3)14-11/h9-10,12H,4-8H2,1-3H3. The summed E-state index contributed by atoms with van der Waals surface area (Å²) >= 11 is 2.16. The number of nitrogens with zero attached hydrogens (tertiary/aromatic N) is 1. The maximum absolute atomic E-state index is 3.72. The summed E-state index contributed by atoms with van der Waals surface area (Å²) in [4.78, 5) is 3.03. The van der Waals surface area contributed by atoms with Crippen LogP contribution in [-0.2, 0) is 0 Å². The summed E-state index contributed by atoms with van der Waals surface area (Å²) in [6, 6.07) is 0.719. The number of nitrogens with one attached hydrogen (secondary N) is 1. The highest BCUT2D eigenvalue weighted by Gasteiger charge is 2.40. The van der Waals surface area contributed by atoms with Crippen molar-refractivity contribution in [3.05, 3.63) is 0 Å². The van der Waals surface area contributed by atoms with E-state index in [0.29, 0.717) is 4.87 Å². The first-order valence-electron chi connectivity index (χ1n) is 5.78. The van der Waals surface area contributed by atoms with Crippen LogP contribution in [0.4, 0.5) is 0 Å². The summed E-state index contributed by atoms with van der Waals surface area (Å²) < 4.78 is 0. The van der Waals surface area contributed by atoms with E-state index in [-0.39, 0.29) is 0 Å². The zero-order valence-corrected chi connectivity index (χ0v) is 10.4. The lowest BCUT2D eigenvalue weighted by molar-refractivity contribution is 0.153. The highest BCUT2D eigenvalue weighted by molar-refractivity contribution is 8.01. The van der Waals surface area contributed by atoms with E-state index in [1.165, 1.54) is 32.5 Å². The monoisotopic (exact) mass is 214 g/mol.